The van der Waals surface area contributed by atoms with Crippen molar-refractivity contribution in [3.63, 3.8) is 0 Å². The number of hydrogen-bond donors (Lipinski definition) is 1. The molecule has 25 heavy (non-hydrogen) atoms. The van der Waals surface area contributed by atoms with Gasteiger partial charge in [-0.15, -0.1) is 0 Å². The van der Waals surface area contributed by atoms with Crippen molar-refractivity contribution < 1.29 is 14.6 Å². The summed E-state index contributed by atoms with van der Waals surface area (Å²) in [4.78, 5) is 20.7. The number of carbonyl (C=O) groups excluding carboxylic acids is 1. The van der Waals surface area contributed by atoms with Crippen LogP contribution < -0.4 is 0 Å². The molecule has 3 rings (SSSR count). The van der Waals surface area contributed by atoms with Crippen molar-refractivity contribution in [1.29, 1.82) is 0 Å². The van der Waals surface area contributed by atoms with Gasteiger partial charge in [-0.3, -0.25) is 4.57 Å². The monoisotopic (exact) mass is 337 g/mol. The molecule has 0 bridgehead atoms. The molecule has 2 heterocycles. The van der Waals surface area contributed by atoms with Crippen molar-refractivity contribution in [3.8, 4) is 22.8 Å². The molecule has 0 aliphatic heterocycles. The van der Waals surface area contributed by atoms with E-state index in [4.69, 9.17) is 4.74 Å². The predicted octanol–water partition coefficient (Wildman–Crippen LogP) is 3.43. The number of imidazole rings is 1. The van der Waals surface area contributed by atoms with Gasteiger partial charge in [0.05, 0.1) is 18.0 Å². The Bertz CT molecular complexity index is 931. The fourth-order valence-corrected chi connectivity index (χ4v) is 2.61. The first kappa shape index (κ1) is 16.7. The zero-order valence-electron chi connectivity index (χ0n) is 14.4. The van der Waals surface area contributed by atoms with Crippen LogP contribution >= 0.6 is 0 Å². The van der Waals surface area contributed by atoms with E-state index in [0.29, 0.717) is 29.4 Å². The number of ether oxygens (including phenoxy) is 1. The van der Waals surface area contributed by atoms with Crippen LogP contribution in [0.5, 0.6) is 5.75 Å². The Morgan fingerprint density at radius 1 is 1.20 bits per heavy atom. The van der Waals surface area contributed by atoms with Gasteiger partial charge < -0.3 is 9.84 Å². The van der Waals surface area contributed by atoms with E-state index in [2.05, 4.69) is 9.97 Å². The number of esters is 1. The van der Waals surface area contributed by atoms with E-state index in [1.165, 1.54) is 0 Å². The van der Waals surface area contributed by atoms with Gasteiger partial charge in [-0.2, -0.15) is 0 Å². The zero-order chi connectivity index (χ0) is 18.0. The lowest BCUT2D eigenvalue weighted by Crippen LogP contribution is -2.08. The second kappa shape index (κ2) is 6.76. The third-order valence-electron chi connectivity index (χ3n) is 3.97. The summed E-state index contributed by atoms with van der Waals surface area (Å²) in [6.45, 7) is 5.68. The highest BCUT2D eigenvalue weighted by molar-refractivity contribution is 5.88. The highest BCUT2D eigenvalue weighted by atomic mass is 16.5. The number of hydrogen-bond acceptors (Lipinski definition) is 5. The standard InChI is InChI=1S/C19H19N3O3/c1-4-25-19(24)17-13(3)22(11-20-17)16-10-6-9-15(21-16)14-8-5-7-12(2)18(14)23/h5-11,23H,4H2,1-3H3. The van der Waals surface area contributed by atoms with Gasteiger partial charge in [0.2, 0.25) is 0 Å². The lowest BCUT2D eigenvalue weighted by atomic mass is 10.1. The molecule has 128 valence electrons. The molecule has 0 saturated heterocycles. The van der Waals surface area contributed by atoms with Gasteiger partial charge in [-0.05, 0) is 44.5 Å². The summed E-state index contributed by atoms with van der Waals surface area (Å²) in [5.74, 6) is 0.368. The Kier molecular flexibility index (Phi) is 4.52. The van der Waals surface area contributed by atoms with Crippen LogP contribution in [0.15, 0.2) is 42.7 Å². The minimum absolute atomic E-state index is 0.210. The summed E-state index contributed by atoms with van der Waals surface area (Å²) >= 11 is 0. The maximum atomic E-state index is 11.9. The molecular weight excluding hydrogens is 318 g/mol. The Morgan fingerprint density at radius 2 is 1.96 bits per heavy atom. The number of carbonyl (C=O) groups is 1. The van der Waals surface area contributed by atoms with Crippen LogP contribution in [0.25, 0.3) is 17.1 Å². The average molecular weight is 337 g/mol. The first-order valence-electron chi connectivity index (χ1n) is 8.00. The third-order valence-corrected chi connectivity index (χ3v) is 3.97. The number of para-hydroxylation sites is 1. The summed E-state index contributed by atoms with van der Waals surface area (Å²) in [6, 6.07) is 11.0. The van der Waals surface area contributed by atoms with Gasteiger partial charge in [0.15, 0.2) is 5.69 Å². The molecular formula is C19H19N3O3. The van der Waals surface area contributed by atoms with Crippen LogP contribution in [0.2, 0.25) is 0 Å². The summed E-state index contributed by atoms with van der Waals surface area (Å²) in [7, 11) is 0. The number of pyridine rings is 1. The maximum Gasteiger partial charge on any atom is 0.358 e. The largest absolute Gasteiger partial charge is 0.507 e. The van der Waals surface area contributed by atoms with E-state index in [1.807, 2.05) is 43.3 Å². The SMILES string of the molecule is CCOC(=O)c1ncn(-c2cccc(-c3cccc(C)c3O)n2)c1C. The molecule has 0 radical (unpaired) electrons. The molecule has 0 aliphatic carbocycles. The van der Waals surface area contributed by atoms with Gasteiger partial charge in [-0.1, -0.05) is 18.2 Å². The second-order valence-corrected chi connectivity index (χ2v) is 5.62. The van der Waals surface area contributed by atoms with Crippen LogP contribution in [-0.4, -0.2) is 32.2 Å². The van der Waals surface area contributed by atoms with E-state index >= 15 is 0 Å². The molecule has 0 saturated carbocycles. The molecule has 0 aliphatic rings. The summed E-state index contributed by atoms with van der Waals surface area (Å²) in [6.07, 6.45) is 1.55. The highest BCUT2D eigenvalue weighted by Gasteiger charge is 2.17. The molecule has 2 aromatic heterocycles. The number of benzene rings is 1. The lowest BCUT2D eigenvalue weighted by molar-refractivity contribution is 0.0519. The van der Waals surface area contributed by atoms with Crippen molar-refractivity contribution in [1.82, 2.24) is 14.5 Å². The van der Waals surface area contributed by atoms with Crippen LogP contribution in [0.4, 0.5) is 0 Å². The third kappa shape index (κ3) is 3.10. The van der Waals surface area contributed by atoms with Gasteiger partial charge in [0, 0.05) is 5.56 Å². The Morgan fingerprint density at radius 3 is 2.72 bits per heavy atom. The molecule has 0 amide bonds. The van der Waals surface area contributed by atoms with E-state index < -0.39 is 5.97 Å². The summed E-state index contributed by atoms with van der Waals surface area (Å²) < 4.78 is 6.74. The zero-order valence-corrected chi connectivity index (χ0v) is 14.4. The predicted molar refractivity (Wildman–Crippen MR) is 93.9 cm³/mol. The molecule has 0 spiro atoms. The van der Waals surface area contributed by atoms with Gasteiger partial charge in [0.1, 0.15) is 17.9 Å². The van der Waals surface area contributed by atoms with Crippen LogP contribution in [0, 0.1) is 13.8 Å². The van der Waals surface area contributed by atoms with E-state index in [0.717, 1.165) is 5.56 Å². The average Bonchev–Trinajstić information content (AvgIpc) is 2.99. The van der Waals surface area contributed by atoms with E-state index in [1.54, 1.807) is 24.7 Å². The number of nitrogens with zero attached hydrogens (tertiary/aromatic N) is 3. The number of rotatable bonds is 4. The van der Waals surface area contributed by atoms with Crippen molar-refractivity contribution in [2.75, 3.05) is 6.61 Å². The molecule has 3 aromatic rings. The normalized spacial score (nSPS) is 10.7. The van der Waals surface area contributed by atoms with Crippen molar-refractivity contribution in [3.05, 3.63) is 59.7 Å². The minimum atomic E-state index is -0.453. The smallest absolute Gasteiger partial charge is 0.358 e. The summed E-state index contributed by atoms with van der Waals surface area (Å²) in [5.41, 5.74) is 3.01. The van der Waals surface area contributed by atoms with Gasteiger partial charge >= 0.3 is 5.97 Å². The number of phenols is 1. The fourth-order valence-electron chi connectivity index (χ4n) is 2.61. The number of phenolic OH excluding ortho intramolecular Hbond substituents is 1. The second-order valence-electron chi connectivity index (χ2n) is 5.62. The fraction of sp³-hybridized carbons (Fsp3) is 0.211. The molecule has 0 unspecified atom stereocenters. The first-order valence-corrected chi connectivity index (χ1v) is 8.00. The molecule has 6 heteroatoms. The molecule has 6 nitrogen and oxygen atoms in total. The van der Waals surface area contributed by atoms with E-state index in [-0.39, 0.29) is 11.4 Å². The van der Waals surface area contributed by atoms with Crippen LogP contribution in [-0.2, 0) is 4.74 Å². The molecule has 0 atom stereocenters. The lowest BCUT2D eigenvalue weighted by Gasteiger charge is -2.10. The summed E-state index contributed by atoms with van der Waals surface area (Å²) in [5, 5.41) is 10.3. The molecule has 1 aromatic carbocycles. The highest BCUT2D eigenvalue weighted by Crippen LogP contribution is 2.31. The Balaban J connectivity index is 2.03. The number of aryl methyl sites for hydroxylation is 1. The molecule has 1 N–H and O–H groups in total. The van der Waals surface area contributed by atoms with Crippen molar-refractivity contribution in [2.24, 2.45) is 0 Å². The van der Waals surface area contributed by atoms with Gasteiger partial charge in [-0.25, -0.2) is 14.8 Å². The first-order chi connectivity index (χ1) is 12.0. The maximum absolute atomic E-state index is 11.9. The topological polar surface area (TPSA) is 77.2 Å². The minimum Gasteiger partial charge on any atom is -0.507 e. The van der Waals surface area contributed by atoms with Crippen molar-refractivity contribution in [2.45, 2.75) is 20.8 Å². The van der Waals surface area contributed by atoms with Crippen molar-refractivity contribution >= 4 is 5.97 Å². The Labute approximate surface area is 145 Å². The van der Waals surface area contributed by atoms with Crippen LogP contribution in [0.3, 0.4) is 0 Å². The van der Waals surface area contributed by atoms with Crippen LogP contribution in [0.1, 0.15) is 28.7 Å². The quantitative estimate of drug-likeness (QED) is 0.738. The van der Waals surface area contributed by atoms with Gasteiger partial charge in [0.25, 0.3) is 0 Å². The molecule has 0 fully saturated rings. The van der Waals surface area contributed by atoms with E-state index in [9.17, 15) is 9.90 Å². The number of aromatic nitrogens is 3. The number of aromatic hydroxyl groups is 1. The Hall–Kier alpha value is -3.15.